The van der Waals surface area contributed by atoms with Gasteiger partial charge >= 0.3 is 0 Å². The molecule has 5 heteroatoms. The van der Waals surface area contributed by atoms with Crippen LogP contribution in [0, 0.1) is 0 Å². The lowest BCUT2D eigenvalue weighted by atomic mass is 9.78. The van der Waals surface area contributed by atoms with Crippen LogP contribution in [0.4, 0.5) is 0 Å². The average molecular weight is 255 g/mol. The van der Waals surface area contributed by atoms with Gasteiger partial charge in [-0.15, -0.1) is 11.3 Å². The van der Waals surface area contributed by atoms with Crippen LogP contribution in [0.5, 0.6) is 0 Å². The van der Waals surface area contributed by atoms with Crippen LogP contribution in [0.1, 0.15) is 37.0 Å². The summed E-state index contributed by atoms with van der Waals surface area (Å²) < 4.78 is 5.82. The predicted molar refractivity (Wildman–Crippen MR) is 69.8 cm³/mol. The number of ether oxygens (including phenoxy) is 1. The summed E-state index contributed by atoms with van der Waals surface area (Å²) in [4.78, 5) is 5.37. The Kier molecular flexibility index (Phi) is 4.50. The number of nitrogens with two attached hydrogens (primary N) is 1. The molecular weight excluding hydrogens is 234 g/mol. The van der Waals surface area contributed by atoms with E-state index in [1.807, 2.05) is 18.8 Å². The molecule has 2 rings (SSSR count). The summed E-state index contributed by atoms with van der Waals surface area (Å²) in [6.45, 7) is 0. The van der Waals surface area contributed by atoms with Crippen molar-refractivity contribution in [2.24, 2.45) is 5.84 Å². The highest BCUT2D eigenvalue weighted by atomic mass is 32.1. The van der Waals surface area contributed by atoms with Crippen LogP contribution < -0.4 is 11.3 Å². The Morgan fingerprint density at radius 1 is 1.53 bits per heavy atom. The minimum Gasteiger partial charge on any atom is -0.377 e. The maximum atomic E-state index is 5.82. The van der Waals surface area contributed by atoms with Crippen molar-refractivity contribution >= 4 is 11.3 Å². The number of aromatic nitrogens is 1. The van der Waals surface area contributed by atoms with Gasteiger partial charge in [-0.3, -0.25) is 16.3 Å². The molecule has 96 valence electrons. The molecule has 1 saturated carbocycles. The molecule has 0 saturated heterocycles. The molecule has 1 aliphatic carbocycles. The van der Waals surface area contributed by atoms with Crippen LogP contribution in [0.15, 0.2) is 11.7 Å². The lowest BCUT2D eigenvalue weighted by Gasteiger charge is -2.42. The molecule has 1 atom stereocenters. The fourth-order valence-corrected chi connectivity index (χ4v) is 3.43. The summed E-state index contributed by atoms with van der Waals surface area (Å²) >= 11 is 1.68. The molecule has 4 nitrogen and oxygen atoms in total. The number of nitrogens with one attached hydrogen (secondary N) is 1. The van der Waals surface area contributed by atoms with Gasteiger partial charge in [-0.05, 0) is 12.8 Å². The molecule has 1 fully saturated rings. The van der Waals surface area contributed by atoms with E-state index in [1.165, 1.54) is 24.1 Å². The number of thiazole rings is 1. The van der Waals surface area contributed by atoms with E-state index in [2.05, 4.69) is 10.4 Å². The molecule has 0 spiro atoms. The van der Waals surface area contributed by atoms with E-state index in [0.29, 0.717) is 0 Å². The Labute approximate surface area is 107 Å². The Balaban J connectivity index is 2.09. The summed E-state index contributed by atoms with van der Waals surface area (Å²) in [7, 11) is 1.81. The topological polar surface area (TPSA) is 60.2 Å². The Hall–Kier alpha value is -0.490. The normalized spacial score (nSPS) is 21.3. The summed E-state index contributed by atoms with van der Waals surface area (Å²) in [5.41, 5.74) is 4.72. The van der Waals surface area contributed by atoms with E-state index in [0.717, 1.165) is 19.3 Å². The maximum absolute atomic E-state index is 5.82. The van der Waals surface area contributed by atoms with Crippen LogP contribution >= 0.6 is 11.3 Å². The molecule has 0 amide bonds. The first-order valence-corrected chi connectivity index (χ1v) is 7.07. The number of methoxy groups -OCH3 is 1. The zero-order valence-corrected chi connectivity index (χ0v) is 11.1. The van der Waals surface area contributed by atoms with Gasteiger partial charge in [-0.25, -0.2) is 0 Å². The SMILES string of the molecule is COC1(C(Cc2cncs2)NN)CCCCC1. The highest BCUT2D eigenvalue weighted by molar-refractivity contribution is 7.09. The van der Waals surface area contributed by atoms with Gasteiger partial charge in [0.2, 0.25) is 0 Å². The molecule has 3 N–H and O–H groups in total. The van der Waals surface area contributed by atoms with Gasteiger partial charge in [0.25, 0.3) is 0 Å². The van der Waals surface area contributed by atoms with E-state index < -0.39 is 0 Å². The van der Waals surface area contributed by atoms with E-state index in [1.54, 1.807) is 11.3 Å². The Bertz CT molecular complexity index is 323. The van der Waals surface area contributed by atoms with Crippen molar-refractivity contribution in [2.75, 3.05) is 7.11 Å². The smallest absolute Gasteiger partial charge is 0.0847 e. The van der Waals surface area contributed by atoms with Gasteiger partial charge in [0.15, 0.2) is 0 Å². The number of rotatable bonds is 5. The first-order valence-electron chi connectivity index (χ1n) is 6.19. The molecule has 0 bridgehead atoms. The summed E-state index contributed by atoms with van der Waals surface area (Å²) in [5.74, 6) is 5.74. The van der Waals surface area contributed by atoms with Crippen molar-refractivity contribution in [1.82, 2.24) is 10.4 Å². The zero-order chi connectivity index (χ0) is 12.1. The van der Waals surface area contributed by atoms with Crippen molar-refractivity contribution in [2.45, 2.75) is 50.2 Å². The van der Waals surface area contributed by atoms with Gasteiger partial charge in [0.1, 0.15) is 0 Å². The minimum atomic E-state index is -0.100. The molecule has 0 aromatic carbocycles. The van der Waals surface area contributed by atoms with Crippen molar-refractivity contribution < 1.29 is 4.74 Å². The molecule has 0 aliphatic heterocycles. The van der Waals surface area contributed by atoms with Crippen LogP contribution in [0.2, 0.25) is 0 Å². The maximum Gasteiger partial charge on any atom is 0.0847 e. The molecular formula is C12H21N3OS. The monoisotopic (exact) mass is 255 g/mol. The lowest BCUT2D eigenvalue weighted by molar-refractivity contribution is -0.0672. The molecule has 1 unspecified atom stereocenters. The second-order valence-electron chi connectivity index (χ2n) is 4.72. The minimum absolute atomic E-state index is 0.100. The zero-order valence-electron chi connectivity index (χ0n) is 10.3. The van der Waals surface area contributed by atoms with E-state index in [-0.39, 0.29) is 11.6 Å². The quantitative estimate of drug-likeness (QED) is 0.623. The molecule has 1 heterocycles. The number of nitrogens with zero attached hydrogens (tertiary/aromatic N) is 1. The van der Waals surface area contributed by atoms with E-state index in [4.69, 9.17) is 10.6 Å². The average Bonchev–Trinajstić information content (AvgIpc) is 2.89. The molecule has 0 radical (unpaired) electrons. The first-order chi connectivity index (χ1) is 8.30. The third-order valence-corrected chi connectivity index (χ3v) is 4.63. The van der Waals surface area contributed by atoms with Crippen molar-refractivity contribution in [3.05, 3.63) is 16.6 Å². The van der Waals surface area contributed by atoms with Crippen LogP contribution in [-0.2, 0) is 11.2 Å². The fraction of sp³-hybridized carbons (Fsp3) is 0.750. The van der Waals surface area contributed by atoms with Gasteiger partial charge in [0.05, 0.1) is 17.2 Å². The number of hydrogen-bond acceptors (Lipinski definition) is 5. The van der Waals surface area contributed by atoms with Gasteiger partial charge < -0.3 is 4.74 Å². The van der Waals surface area contributed by atoms with Crippen molar-refractivity contribution in [1.29, 1.82) is 0 Å². The van der Waals surface area contributed by atoms with Gasteiger partial charge in [-0.2, -0.15) is 0 Å². The van der Waals surface area contributed by atoms with E-state index in [9.17, 15) is 0 Å². The number of hydrogen-bond donors (Lipinski definition) is 2. The highest BCUT2D eigenvalue weighted by Gasteiger charge is 2.39. The summed E-state index contributed by atoms with van der Waals surface area (Å²) in [6.07, 6.45) is 8.77. The second-order valence-corrected chi connectivity index (χ2v) is 5.69. The molecule has 17 heavy (non-hydrogen) atoms. The van der Waals surface area contributed by atoms with Crippen LogP contribution in [-0.4, -0.2) is 23.7 Å². The largest absolute Gasteiger partial charge is 0.377 e. The summed E-state index contributed by atoms with van der Waals surface area (Å²) in [6, 6.07) is 0.174. The third-order valence-electron chi connectivity index (χ3n) is 3.83. The summed E-state index contributed by atoms with van der Waals surface area (Å²) in [5, 5.41) is 0. The Morgan fingerprint density at radius 2 is 2.29 bits per heavy atom. The third kappa shape index (κ3) is 2.85. The Morgan fingerprint density at radius 3 is 2.82 bits per heavy atom. The second kappa shape index (κ2) is 5.91. The molecule has 1 aromatic heterocycles. The van der Waals surface area contributed by atoms with Gasteiger partial charge in [0, 0.05) is 24.6 Å². The first kappa shape index (κ1) is 13.0. The van der Waals surface area contributed by atoms with Crippen molar-refractivity contribution in [3.63, 3.8) is 0 Å². The standard InChI is InChI=1S/C12H21N3OS/c1-16-12(5-3-2-4-6-12)11(15-13)7-10-8-14-9-17-10/h8-9,11,15H,2-7,13H2,1H3. The molecule has 1 aliphatic rings. The van der Waals surface area contributed by atoms with E-state index >= 15 is 0 Å². The fourth-order valence-electron chi connectivity index (χ4n) is 2.79. The van der Waals surface area contributed by atoms with Crippen molar-refractivity contribution in [3.8, 4) is 0 Å². The highest BCUT2D eigenvalue weighted by Crippen LogP contribution is 2.35. The van der Waals surface area contributed by atoms with Crippen LogP contribution in [0.3, 0.4) is 0 Å². The molecule has 1 aromatic rings. The number of hydrazine groups is 1. The van der Waals surface area contributed by atoms with Gasteiger partial charge in [-0.1, -0.05) is 19.3 Å². The van der Waals surface area contributed by atoms with Crippen LogP contribution in [0.25, 0.3) is 0 Å². The lowest BCUT2D eigenvalue weighted by Crippen LogP contribution is -2.56. The predicted octanol–water partition coefficient (Wildman–Crippen LogP) is 1.87.